The van der Waals surface area contributed by atoms with Crippen molar-refractivity contribution in [1.82, 2.24) is 0 Å². The lowest BCUT2D eigenvalue weighted by Gasteiger charge is -2.08. The van der Waals surface area contributed by atoms with Crippen LogP contribution in [-0.2, 0) is 0 Å². The maximum Gasteiger partial charge on any atom is 0.160 e. The van der Waals surface area contributed by atoms with Crippen LogP contribution in [0.3, 0.4) is 0 Å². The summed E-state index contributed by atoms with van der Waals surface area (Å²) in [6, 6.07) is 5.71. The highest BCUT2D eigenvalue weighted by atomic mass is 16.5. The van der Waals surface area contributed by atoms with Crippen LogP contribution in [0.4, 0.5) is 0 Å². The smallest absolute Gasteiger partial charge is 0.160 e. The summed E-state index contributed by atoms with van der Waals surface area (Å²) in [5.41, 5.74) is 1.94. The van der Waals surface area contributed by atoms with Crippen molar-refractivity contribution in [2.45, 2.75) is 26.2 Å². The predicted molar refractivity (Wildman–Crippen MR) is 55.0 cm³/mol. The molecule has 14 heavy (non-hydrogen) atoms. The molecular formula is C12H14O2. The Morgan fingerprint density at radius 3 is 3.00 bits per heavy atom. The van der Waals surface area contributed by atoms with Gasteiger partial charge in [0.15, 0.2) is 5.78 Å². The molecule has 0 saturated heterocycles. The molecule has 1 unspecified atom stereocenters. The average molecular weight is 190 g/mol. The number of ketones is 1. The normalized spacial score (nSPS) is 18.9. The van der Waals surface area contributed by atoms with Gasteiger partial charge < -0.3 is 4.74 Å². The van der Waals surface area contributed by atoms with Gasteiger partial charge >= 0.3 is 0 Å². The van der Waals surface area contributed by atoms with Crippen LogP contribution in [-0.4, -0.2) is 12.4 Å². The molecular weight excluding hydrogens is 176 g/mol. The van der Waals surface area contributed by atoms with E-state index in [1.54, 1.807) is 6.92 Å². The number of rotatable bonds is 2. The summed E-state index contributed by atoms with van der Waals surface area (Å²) in [6.45, 7) is 4.46. The molecule has 0 radical (unpaired) electrons. The van der Waals surface area contributed by atoms with E-state index in [0.29, 0.717) is 5.92 Å². The lowest BCUT2D eigenvalue weighted by molar-refractivity contribution is 0.101. The topological polar surface area (TPSA) is 26.3 Å². The third-order valence-corrected chi connectivity index (χ3v) is 2.79. The van der Waals surface area contributed by atoms with Gasteiger partial charge in [0.2, 0.25) is 0 Å². The second-order valence-corrected chi connectivity index (χ2v) is 3.69. The van der Waals surface area contributed by atoms with Crippen molar-refractivity contribution in [3.63, 3.8) is 0 Å². The standard InChI is InChI=1S/C12H14O2/c1-3-9-7-14-11-6-4-5-10(8(2)13)12(9)11/h4-6,9H,3,7H2,1-2H3. The van der Waals surface area contributed by atoms with Gasteiger partial charge in [-0.2, -0.15) is 0 Å². The maximum atomic E-state index is 11.4. The molecule has 2 rings (SSSR count). The minimum atomic E-state index is 0.130. The van der Waals surface area contributed by atoms with Crippen molar-refractivity contribution in [2.24, 2.45) is 0 Å². The Balaban J connectivity index is 2.54. The first-order chi connectivity index (χ1) is 6.74. The van der Waals surface area contributed by atoms with Gasteiger partial charge in [0.05, 0.1) is 6.61 Å². The number of Topliss-reactive ketones (excluding diaryl/α,β-unsaturated/α-hetero) is 1. The van der Waals surface area contributed by atoms with Crippen molar-refractivity contribution in [3.8, 4) is 5.75 Å². The Labute approximate surface area is 83.9 Å². The van der Waals surface area contributed by atoms with Crippen LogP contribution in [0.15, 0.2) is 18.2 Å². The molecule has 0 aromatic heterocycles. The fourth-order valence-corrected chi connectivity index (χ4v) is 1.99. The second kappa shape index (κ2) is 3.45. The Hall–Kier alpha value is -1.31. The number of hydrogen-bond acceptors (Lipinski definition) is 2. The fraction of sp³-hybridized carbons (Fsp3) is 0.417. The lowest BCUT2D eigenvalue weighted by Crippen LogP contribution is -2.03. The molecule has 0 spiro atoms. The van der Waals surface area contributed by atoms with Crippen LogP contribution in [0.2, 0.25) is 0 Å². The Morgan fingerprint density at radius 2 is 2.36 bits per heavy atom. The van der Waals surface area contributed by atoms with Crippen LogP contribution < -0.4 is 4.74 Å². The summed E-state index contributed by atoms with van der Waals surface area (Å²) >= 11 is 0. The van der Waals surface area contributed by atoms with Crippen molar-refractivity contribution in [1.29, 1.82) is 0 Å². The minimum Gasteiger partial charge on any atom is -0.493 e. The average Bonchev–Trinajstić information content (AvgIpc) is 2.59. The first-order valence-electron chi connectivity index (χ1n) is 5.00. The van der Waals surface area contributed by atoms with Gasteiger partial charge in [0.25, 0.3) is 0 Å². The van der Waals surface area contributed by atoms with Gasteiger partial charge in [0.1, 0.15) is 5.75 Å². The lowest BCUT2D eigenvalue weighted by atomic mass is 9.92. The minimum absolute atomic E-state index is 0.130. The maximum absolute atomic E-state index is 11.4. The largest absolute Gasteiger partial charge is 0.493 e. The summed E-state index contributed by atoms with van der Waals surface area (Å²) in [4.78, 5) is 11.4. The van der Waals surface area contributed by atoms with E-state index in [1.165, 1.54) is 0 Å². The highest BCUT2D eigenvalue weighted by Gasteiger charge is 2.26. The van der Waals surface area contributed by atoms with E-state index in [4.69, 9.17) is 4.74 Å². The highest BCUT2D eigenvalue weighted by molar-refractivity contribution is 5.96. The number of fused-ring (bicyclic) bond motifs is 1. The van der Waals surface area contributed by atoms with Crippen molar-refractivity contribution in [3.05, 3.63) is 29.3 Å². The van der Waals surface area contributed by atoms with E-state index in [1.807, 2.05) is 18.2 Å². The number of carbonyl (C=O) groups excluding carboxylic acids is 1. The van der Waals surface area contributed by atoms with E-state index < -0.39 is 0 Å². The molecule has 1 aromatic rings. The third-order valence-electron chi connectivity index (χ3n) is 2.79. The second-order valence-electron chi connectivity index (χ2n) is 3.69. The molecule has 0 bridgehead atoms. The fourth-order valence-electron chi connectivity index (χ4n) is 1.99. The zero-order valence-corrected chi connectivity index (χ0v) is 8.54. The summed E-state index contributed by atoms with van der Waals surface area (Å²) in [5.74, 6) is 1.42. The van der Waals surface area contributed by atoms with E-state index in [-0.39, 0.29) is 5.78 Å². The van der Waals surface area contributed by atoms with Gasteiger partial charge in [-0.1, -0.05) is 19.1 Å². The molecule has 0 fully saturated rings. The van der Waals surface area contributed by atoms with Crippen LogP contribution >= 0.6 is 0 Å². The molecule has 1 aliphatic rings. The first kappa shape index (κ1) is 9.25. The third kappa shape index (κ3) is 1.31. The van der Waals surface area contributed by atoms with Crippen molar-refractivity contribution in [2.75, 3.05) is 6.61 Å². The summed E-state index contributed by atoms with van der Waals surface area (Å²) in [7, 11) is 0. The summed E-state index contributed by atoms with van der Waals surface area (Å²) in [6.07, 6.45) is 1.03. The van der Waals surface area contributed by atoms with Crippen LogP contribution in [0.1, 0.15) is 42.1 Å². The molecule has 1 aliphatic heterocycles. The van der Waals surface area contributed by atoms with Gasteiger partial charge in [-0.15, -0.1) is 0 Å². The molecule has 1 heterocycles. The van der Waals surface area contributed by atoms with Crippen LogP contribution in [0, 0.1) is 0 Å². The molecule has 1 aromatic carbocycles. The molecule has 0 aliphatic carbocycles. The van der Waals surface area contributed by atoms with E-state index in [9.17, 15) is 4.79 Å². The van der Waals surface area contributed by atoms with E-state index >= 15 is 0 Å². The number of ether oxygens (including phenoxy) is 1. The highest BCUT2D eigenvalue weighted by Crippen LogP contribution is 2.38. The van der Waals surface area contributed by atoms with E-state index in [0.717, 1.165) is 29.9 Å². The Bertz CT molecular complexity index is 369. The molecule has 74 valence electrons. The zero-order chi connectivity index (χ0) is 10.1. The number of carbonyl (C=O) groups is 1. The number of benzene rings is 1. The van der Waals surface area contributed by atoms with Gasteiger partial charge in [-0.25, -0.2) is 0 Å². The molecule has 2 nitrogen and oxygen atoms in total. The monoisotopic (exact) mass is 190 g/mol. The first-order valence-corrected chi connectivity index (χ1v) is 5.00. The Kier molecular flexibility index (Phi) is 2.28. The van der Waals surface area contributed by atoms with Gasteiger partial charge in [-0.3, -0.25) is 4.79 Å². The molecule has 0 saturated carbocycles. The van der Waals surface area contributed by atoms with Crippen LogP contribution in [0.5, 0.6) is 5.75 Å². The van der Waals surface area contributed by atoms with E-state index in [2.05, 4.69) is 6.92 Å². The quantitative estimate of drug-likeness (QED) is 0.670. The molecule has 0 amide bonds. The van der Waals surface area contributed by atoms with Crippen molar-refractivity contribution >= 4 is 5.78 Å². The molecule has 1 atom stereocenters. The number of hydrogen-bond donors (Lipinski definition) is 0. The Morgan fingerprint density at radius 1 is 1.57 bits per heavy atom. The van der Waals surface area contributed by atoms with Gasteiger partial charge in [0, 0.05) is 17.0 Å². The molecule has 2 heteroatoms. The predicted octanol–water partition coefficient (Wildman–Crippen LogP) is 2.78. The van der Waals surface area contributed by atoms with Crippen molar-refractivity contribution < 1.29 is 9.53 Å². The molecule has 0 N–H and O–H groups in total. The van der Waals surface area contributed by atoms with Crippen LogP contribution in [0.25, 0.3) is 0 Å². The van der Waals surface area contributed by atoms with Gasteiger partial charge in [-0.05, 0) is 19.4 Å². The summed E-state index contributed by atoms with van der Waals surface area (Å²) < 4.78 is 5.54. The zero-order valence-electron chi connectivity index (χ0n) is 8.54. The summed E-state index contributed by atoms with van der Waals surface area (Å²) in [5, 5.41) is 0. The SMILES string of the molecule is CCC1COc2cccc(C(C)=O)c21.